The van der Waals surface area contributed by atoms with Crippen LogP contribution in [0.5, 0.6) is 0 Å². The van der Waals surface area contributed by atoms with Crippen molar-refractivity contribution >= 4 is 27.5 Å². The van der Waals surface area contributed by atoms with Gasteiger partial charge in [-0.2, -0.15) is 0 Å². The molecule has 0 bridgehead atoms. The zero-order valence-electron chi connectivity index (χ0n) is 22.9. The predicted octanol–water partition coefficient (Wildman–Crippen LogP) is 4.75. The number of hydrogen-bond acceptors (Lipinski definition) is 4. The van der Waals surface area contributed by atoms with E-state index in [1.165, 1.54) is 4.90 Å². The third-order valence-corrected chi connectivity index (χ3v) is 8.30. The first-order chi connectivity index (χ1) is 17.9. The van der Waals surface area contributed by atoms with Crippen molar-refractivity contribution < 1.29 is 18.0 Å². The summed E-state index contributed by atoms with van der Waals surface area (Å²) in [7, 11) is -4.09. The van der Waals surface area contributed by atoms with Gasteiger partial charge in [-0.25, -0.2) is 8.42 Å². The van der Waals surface area contributed by atoms with Gasteiger partial charge in [-0.3, -0.25) is 13.9 Å². The molecule has 2 amide bonds. The van der Waals surface area contributed by atoms with Gasteiger partial charge >= 0.3 is 0 Å². The number of aryl methyl sites for hydroxylation is 2. The second-order valence-electron chi connectivity index (χ2n) is 9.89. The van der Waals surface area contributed by atoms with Crippen molar-refractivity contribution in [3.8, 4) is 0 Å². The van der Waals surface area contributed by atoms with E-state index in [9.17, 15) is 18.0 Å². The smallest absolute Gasteiger partial charge is 0.264 e. The fraction of sp³-hybridized carbons (Fsp3) is 0.333. The highest BCUT2D eigenvalue weighted by atomic mass is 32.2. The minimum atomic E-state index is -4.09. The van der Waals surface area contributed by atoms with E-state index in [2.05, 4.69) is 5.32 Å². The van der Waals surface area contributed by atoms with Crippen LogP contribution in [0.25, 0.3) is 0 Å². The zero-order valence-corrected chi connectivity index (χ0v) is 23.7. The summed E-state index contributed by atoms with van der Waals surface area (Å²) < 4.78 is 29.1. The monoisotopic (exact) mass is 535 g/mol. The summed E-state index contributed by atoms with van der Waals surface area (Å²) in [6.45, 7) is 10.7. The van der Waals surface area contributed by atoms with Gasteiger partial charge in [-0.1, -0.05) is 60.2 Å². The van der Waals surface area contributed by atoms with Gasteiger partial charge in [0.2, 0.25) is 11.8 Å². The van der Waals surface area contributed by atoms with Crippen molar-refractivity contribution in [2.24, 2.45) is 0 Å². The van der Waals surface area contributed by atoms with Crippen molar-refractivity contribution in [3.63, 3.8) is 0 Å². The van der Waals surface area contributed by atoms with Crippen LogP contribution in [0.2, 0.25) is 0 Å². The number of amides is 2. The Kier molecular flexibility index (Phi) is 9.33. The lowest BCUT2D eigenvalue weighted by molar-refractivity contribution is -0.139. The van der Waals surface area contributed by atoms with Gasteiger partial charge in [-0.05, 0) is 76.4 Å². The Morgan fingerprint density at radius 3 is 2.08 bits per heavy atom. The summed E-state index contributed by atoms with van der Waals surface area (Å²) in [5.74, 6) is -0.777. The summed E-state index contributed by atoms with van der Waals surface area (Å²) in [4.78, 5) is 28.4. The highest BCUT2D eigenvalue weighted by molar-refractivity contribution is 7.92. The quantitative estimate of drug-likeness (QED) is 0.406. The molecule has 0 saturated carbocycles. The molecule has 0 aliphatic carbocycles. The summed E-state index contributed by atoms with van der Waals surface area (Å²) in [5, 5.41) is 2.86. The maximum Gasteiger partial charge on any atom is 0.264 e. The number of benzene rings is 3. The largest absolute Gasteiger partial charge is 0.352 e. The average molecular weight is 536 g/mol. The van der Waals surface area contributed by atoms with Crippen LogP contribution in [0.4, 0.5) is 5.69 Å². The zero-order chi connectivity index (χ0) is 28.0. The lowest BCUT2D eigenvalue weighted by atomic mass is 10.1. The third kappa shape index (κ3) is 6.81. The number of carbonyl (C=O) groups is 2. The topological polar surface area (TPSA) is 86.8 Å². The van der Waals surface area contributed by atoms with E-state index in [-0.39, 0.29) is 23.4 Å². The molecule has 1 N–H and O–H groups in total. The van der Waals surface area contributed by atoms with Crippen LogP contribution in [-0.2, 0) is 26.2 Å². The fourth-order valence-electron chi connectivity index (χ4n) is 4.12. The highest BCUT2D eigenvalue weighted by Crippen LogP contribution is 2.29. The molecule has 0 unspecified atom stereocenters. The lowest BCUT2D eigenvalue weighted by Crippen LogP contribution is -2.52. The molecule has 3 aromatic carbocycles. The van der Waals surface area contributed by atoms with Gasteiger partial charge in [0, 0.05) is 12.6 Å². The Labute approximate surface area is 226 Å². The van der Waals surface area contributed by atoms with E-state index in [0.29, 0.717) is 5.69 Å². The second-order valence-corrected chi connectivity index (χ2v) is 11.8. The number of hydrogen-bond donors (Lipinski definition) is 1. The Morgan fingerprint density at radius 2 is 1.47 bits per heavy atom. The number of anilines is 1. The maximum absolute atomic E-state index is 13.9. The standard InChI is InChI=1S/C30H37N3O4S/c1-21(2)31-30(35)25(6)32(19-26-12-8-7-9-13-26)29(34)20-33(28-14-10-11-23(4)24(28)5)38(36,37)27-17-15-22(3)16-18-27/h7-18,21,25H,19-20H2,1-6H3,(H,31,35)/t25-/m0/s1. The first-order valence-corrected chi connectivity index (χ1v) is 14.1. The average Bonchev–Trinajstić information content (AvgIpc) is 2.87. The fourth-order valence-corrected chi connectivity index (χ4v) is 5.60. The van der Waals surface area contributed by atoms with Gasteiger partial charge in [0.25, 0.3) is 10.0 Å². The van der Waals surface area contributed by atoms with E-state index < -0.39 is 28.5 Å². The highest BCUT2D eigenvalue weighted by Gasteiger charge is 2.33. The third-order valence-electron chi connectivity index (χ3n) is 6.53. The Hall–Kier alpha value is -3.65. The van der Waals surface area contributed by atoms with Crippen LogP contribution in [0.1, 0.15) is 43.0 Å². The predicted molar refractivity (Wildman–Crippen MR) is 151 cm³/mol. The summed E-state index contributed by atoms with van der Waals surface area (Å²) in [6.07, 6.45) is 0. The SMILES string of the molecule is Cc1ccc(S(=O)(=O)N(CC(=O)N(Cc2ccccc2)[C@@H](C)C(=O)NC(C)C)c2cccc(C)c2C)cc1. The number of carbonyl (C=O) groups excluding carboxylic acids is 2. The molecule has 0 spiro atoms. The lowest BCUT2D eigenvalue weighted by Gasteiger charge is -2.33. The Balaban J connectivity index is 2.06. The molecule has 3 rings (SSSR count). The van der Waals surface area contributed by atoms with Gasteiger partial charge in [0.05, 0.1) is 10.6 Å². The number of nitrogens with one attached hydrogen (secondary N) is 1. The molecule has 3 aromatic rings. The van der Waals surface area contributed by atoms with E-state index >= 15 is 0 Å². The van der Waals surface area contributed by atoms with Crippen LogP contribution in [0.15, 0.2) is 77.7 Å². The van der Waals surface area contributed by atoms with Gasteiger partial charge in [-0.15, -0.1) is 0 Å². The molecular weight excluding hydrogens is 498 g/mol. The van der Waals surface area contributed by atoms with Gasteiger partial charge in [0.1, 0.15) is 12.6 Å². The molecule has 0 aliphatic rings. The van der Waals surface area contributed by atoms with E-state index in [1.807, 2.05) is 71.0 Å². The Bertz CT molecular complexity index is 1370. The molecule has 1 atom stereocenters. The molecule has 38 heavy (non-hydrogen) atoms. The van der Waals surface area contributed by atoms with Crippen molar-refractivity contribution in [3.05, 3.63) is 95.1 Å². The molecular formula is C30H37N3O4S. The molecule has 7 nitrogen and oxygen atoms in total. The minimum Gasteiger partial charge on any atom is -0.352 e. The van der Waals surface area contributed by atoms with Crippen LogP contribution < -0.4 is 9.62 Å². The van der Waals surface area contributed by atoms with Crippen LogP contribution >= 0.6 is 0 Å². The first-order valence-electron chi connectivity index (χ1n) is 12.7. The summed E-state index contributed by atoms with van der Waals surface area (Å²) in [6, 6.07) is 20.4. The van der Waals surface area contributed by atoms with Crippen molar-refractivity contribution in [1.29, 1.82) is 0 Å². The first kappa shape index (κ1) is 28.9. The van der Waals surface area contributed by atoms with E-state index in [1.54, 1.807) is 43.3 Å². The van der Waals surface area contributed by atoms with Crippen molar-refractivity contribution in [1.82, 2.24) is 10.2 Å². The Morgan fingerprint density at radius 1 is 0.842 bits per heavy atom. The molecule has 202 valence electrons. The second kappa shape index (κ2) is 12.3. The molecule has 8 heteroatoms. The maximum atomic E-state index is 13.9. The van der Waals surface area contributed by atoms with E-state index in [0.717, 1.165) is 26.6 Å². The van der Waals surface area contributed by atoms with Gasteiger partial charge in [0.15, 0.2) is 0 Å². The van der Waals surface area contributed by atoms with Crippen LogP contribution in [-0.4, -0.2) is 43.8 Å². The number of nitrogens with zero attached hydrogens (tertiary/aromatic N) is 2. The molecule has 0 heterocycles. The molecule has 0 fully saturated rings. The van der Waals surface area contributed by atoms with Crippen LogP contribution in [0, 0.1) is 20.8 Å². The molecule has 0 aliphatic heterocycles. The van der Waals surface area contributed by atoms with Gasteiger partial charge < -0.3 is 10.2 Å². The van der Waals surface area contributed by atoms with Crippen LogP contribution in [0.3, 0.4) is 0 Å². The normalized spacial score (nSPS) is 12.2. The number of rotatable bonds is 10. The molecule has 0 saturated heterocycles. The minimum absolute atomic E-state index is 0.0945. The molecule has 0 aromatic heterocycles. The molecule has 0 radical (unpaired) electrons. The summed E-state index contributed by atoms with van der Waals surface area (Å²) >= 11 is 0. The number of sulfonamides is 1. The van der Waals surface area contributed by atoms with E-state index in [4.69, 9.17) is 0 Å². The summed E-state index contributed by atoms with van der Waals surface area (Å²) in [5.41, 5.74) is 3.86. The van der Waals surface area contributed by atoms with Crippen molar-refractivity contribution in [2.75, 3.05) is 10.8 Å². The van der Waals surface area contributed by atoms with Crippen molar-refractivity contribution in [2.45, 2.75) is 65.1 Å².